The van der Waals surface area contributed by atoms with Crippen LogP contribution < -0.4 is 0 Å². The molecular weight excluding hydrogens is 267 g/mol. The summed E-state index contributed by atoms with van der Waals surface area (Å²) in [7, 11) is 1.33. The fourth-order valence-electron chi connectivity index (χ4n) is 1.37. The van der Waals surface area contributed by atoms with Crippen molar-refractivity contribution < 1.29 is 13.9 Å². The van der Waals surface area contributed by atoms with Crippen LogP contribution in [0.3, 0.4) is 0 Å². The molecule has 0 atom stereocenters. The Morgan fingerprint density at radius 2 is 2.05 bits per heavy atom. The van der Waals surface area contributed by atoms with Crippen molar-refractivity contribution in [3.05, 3.63) is 42.3 Å². The van der Waals surface area contributed by atoms with Crippen LogP contribution in [0.2, 0.25) is 0 Å². The number of hydrogen-bond donors (Lipinski definition) is 0. The number of methoxy groups -OCH3 is 1. The lowest BCUT2D eigenvalue weighted by atomic mass is 10.1. The number of thioether (sulfide) groups is 1. The predicted octanol–water partition coefficient (Wildman–Crippen LogP) is 2.55. The number of esters is 1. The molecule has 19 heavy (non-hydrogen) atoms. The maximum absolute atomic E-state index is 12.8. The number of carbonyl (C=O) groups is 1. The number of ether oxygens (including phenoxy) is 1. The molecule has 6 heteroatoms. The maximum atomic E-state index is 12.8. The highest BCUT2D eigenvalue weighted by Crippen LogP contribution is 2.20. The van der Waals surface area contributed by atoms with E-state index >= 15 is 0 Å². The number of rotatable bonds is 4. The van der Waals surface area contributed by atoms with Gasteiger partial charge >= 0.3 is 5.97 Å². The van der Waals surface area contributed by atoms with Crippen LogP contribution in [0.25, 0.3) is 11.3 Å². The highest BCUT2D eigenvalue weighted by atomic mass is 32.2. The van der Waals surface area contributed by atoms with E-state index in [4.69, 9.17) is 0 Å². The Labute approximate surface area is 114 Å². The lowest BCUT2D eigenvalue weighted by Gasteiger charge is -2.03. The van der Waals surface area contributed by atoms with Crippen LogP contribution >= 0.6 is 11.8 Å². The normalized spacial score (nSPS) is 10.2. The lowest BCUT2D eigenvalue weighted by molar-refractivity contribution is -0.137. The molecule has 4 nitrogen and oxygen atoms in total. The first-order valence-corrected chi connectivity index (χ1v) is 6.46. The number of hydrogen-bond acceptors (Lipinski definition) is 5. The second kappa shape index (κ2) is 6.29. The molecular formula is C13H11FN2O2S. The second-order valence-corrected chi connectivity index (χ2v) is 4.54. The van der Waals surface area contributed by atoms with Crippen LogP contribution in [0.15, 0.2) is 41.7 Å². The largest absolute Gasteiger partial charge is 0.468 e. The van der Waals surface area contributed by atoms with E-state index in [0.29, 0.717) is 10.9 Å². The molecule has 1 aromatic carbocycles. The first-order valence-electron chi connectivity index (χ1n) is 5.47. The monoisotopic (exact) mass is 278 g/mol. The van der Waals surface area contributed by atoms with Crippen molar-refractivity contribution in [3.63, 3.8) is 0 Å². The van der Waals surface area contributed by atoms with Crippen LogP contribution in [0.1, 0.15) is 0 Å². The smallest absolute Gasteiger partial charge is 0.316 e. The molecule has 0 bridgehead atoms. The van der Waals surface area contributed by atoms with Gasteiger partial charge in [0.05, 0.1) is 18.6 Å². The minimum Gasteiger partial charge on any atom is -0.468 e. The van der Waals surface area contributed by atoms with Gasteiger partial charge in [-0.25, -0.2) is 14.4 Å². The standard InChI is InChI=1S/C13H11FN2O2S/c1-18-12(17)8-19-13-15-7-6-11(16-13)9-2-4-10(14)5-3-9/h2-7H,8H2,1H3. The second-order valence-electron chi connectivity index (χ2n) is 3.60. The zero-order valence-corrected chi connectivity index (χ0v) is 11.0. The Kier molecular flexibility index (Phi) is 4.46. The van der Waals surface area contributed by atoms with Crippen molar-refractivity contribution >= 4 is 17.7 Å². The molecule has 0 N–H and O–H groups in total. The third kappa shape index (κ3) is 3.75. The van der Waals surface area contributed by atoms with Crippen LogP contribution in [0.5, 0.6) is 0 Å². The zero-order valence-electron chi connectivity index (χ0n) is 10.2. The third-order valence-electron chi connectivity index (χ3n) is 2.32. The molecule has 0 saturated carbocycles. The van der Waals surface area contributed by atoms with Crippen LogP contribution in [-0.4, -0.2) is 28.8 Å². The zero-order chi connectivity index (χ0) is 13.7. The van der Waals surface area contributed by atoms with E-state index in [0.717, 1.165) is 5.56 Å². The molecule has 0 aliphatic heterocycles. The number of benzene rings is 1. The van der Waals surface area contributed by atoms with Crippen molar-refractivity contribution in [2.45, 2.75) is 5.16 Å². The molecule has 0 spiro atoms. The Morgan fingerprint density at radius 1 is 1.32 bits per heavy atom. The molecule has 0 saturated heterocycles. The van der Waals surface area contributed by atoms with Crippen molar-refractivity contribution in [1.82, 2.24) is 9.97 Å². The van der Waals surface area contributed by atoms with Gasteiger partial charge < -0.3 is 4.74 Å². The summed E-state index contributed by atoms with van der Waals surface area (Å²) < 4.78 is 17.4. The highest BCUT2D eigenvalue weighted by Gasteiger charge is 2.06. The van der Waals surface area contributed by atoms with E-state index in [-0.39, 0.29) is 17.5 Å². The Morgan fingerprint density at radius 3 is 2.74 bits per heavy atom. The van der Waals surface area contributed by atoms with E-state index in [1.807, 2.05) is 0 Å². The molecule has 1 aromatic heterocycles. The summed E-state index contributed by atoms with van der Waals surface area (Å²) in [6, 6.07) is 7.77. The predicted molar refractivity (Wildman–Crippen MR) is 70.2 cm³/mol. The van der Waals surface area contributed by atoms with Gasteiger partial charge in [-0.05, 0) is 30.3 Å². The molecule has 2 rings (SSSR count). The van der Waals surface area contributed by atoms with Gasteiger partial charge in [-0.2, -0.15) is 0 Å². The summed E-state index contributed by atoms with van der Waals surface area (Å²) >= 11 is 1.19. The Balaban J connectivity index is 2.15. The fourth-order valence-corrected chi connectivity index (χ4v) is 2.04. The SMILES string of the molecule is COC(=O)CSc1nccc(-c2ccc(F)cc2)n1. The minimum atomic E-state index is -0.333. The van der Waals surface area contributed by atoms with Gasteiger partial charge in [0.1, 0.15) is 5.82 Å². The van der Waals surface area contributed by atoms with Gasteiger partial charge in [0.2, 0.25) is 0 Å². The van der Waals surface area contributed by atoms with E-state index < -0.39 is 0 Å². The average molecular weight is 278 g/mol. The van der Waals surface area contributed by atoms with E-state index in [1.165, 1.54) is 31.0 Å². The first-order chi connectivity index (χ1) is 9.19. The topological polar surface area (TPSA) is 52.1 Å². The summed E-state index contributed by atoms with van der Waals surface area (Å²) in [6.45, 7) is 0. The van der Waals surface area contributed by atoms with Crippen LogP contribution in [0.4, 0.5) is 4.39 Å². The van der Waals surface area contributed by atoms with Gasteiger partial charge in [-0.15, -0.1) is 0 Å². The summed E-state index contributed by atoms with van der Waals surface area (Å²) in [6.07, 6.45) is 1.60. The number of aromatic nitrogens is 2. The molecule has 0 unspecified atom stereocenters. The van der Waals surface area contributed by atoms with Crippen LogP contribution in [-0.2, 0) is 9.53 Å². The molecule has 98 valence electrons. The summed E-state index contributed by atoms with van der Waals surface area (Å²) in [4.78, 5) is 19.4. The summed E-state index contributed by atoms with van der Waals surface area (Å²) in [5, 5.41) is 0.479. The number of halogens is 1. The molecule has 0 aliphatic carbocycles. The van der Waals surface area contributed by atoms with Crippen molar-refractivity contribution in [1.29, 1.82) is 0 Å². The molecule has 0 fully saturated rings. The molecule has 0 amide bonds. The Bertz CT molecular complexity index is 575. The number of nitrogens with zero attached hydrogens (tertiary/aromatic N) is 2. The van der Waals surface area contributed by atoms with E-state index in [9.17, 15) is 9.18 Å². The van der Waals surface area contributed by atoms with Gasteiger partial charge in [-0.1, -0.05) is 11.8 Å². The lowest BCUT2D eigenvalue weighted by Crippen LogP contribution is -2.03. The van der Waals surface area contributed by atoms with Gasteiger partial charge in [-0.3, -0.25) is 4.79 Å². The fraction of sp³-hybridized carbons (Fsp3) is 0.154. The van der Waals surface area contributed by atoms with Crippen LogP contribution in [0, 0.1) is 5.82 Å². The van der Waals surface area contributed by atoms with Gasteiger partial charge in [0, 0.05) is 11.8 Å². The first kappa shape index (κ1) is 13.5. The third-order valence-corrected chi connectivity index (χ3v) is 3.16. The minimum absolute atomic E-state index is 0.156. The quantitative estimate of drug-likeness (QED) is 0.489. The summed E-state index contributed by atoms with van der Waals surface area (Å²) in [5.41, 5.74) is 1.48. The molecule has 1 heterocycles. The summed E-state index contributed by atoms with van der Waals surface area (Å²) in [5.74, 6) is -0.470. The molecule has 0 aliphatic rings. The van der Waals surface area contributed by atoms with Crippen molar-refractivity contribution in [2.75, 3.05) is 12.9 Å². The average Bonchev–Trinajstić information content (AvgIpc) is 2.46. The number of carbonyl (C=O) groups excluding carboxylic acids is 1. The Hall–Kier alpha value is -1.95. The molecule has 2 aromatic rings. The molecule has 0 radical (unpaired) electrons. The van der Waals surface area contributed by atoms with Crippen molar-refractivity contribution in [2.24, 2.45) is 0 Å². The van der Waals surface area contributed by atoms with E-state index in [1.54, 1.807) is 24.4 Å². The van der Waals surface area contributed by atoms with Gasteiger partial charge in [0.15, 0.2) is 5.16 Å². The highest BCUT2D eigenvalue weighted by molar-refractivity contribution is 7.99. The van der Waals surface area contributed by atoms with E-state index in [2.05, 4.69) is 14.7 Å². The van der Waals surface area contributed by atoms with Crippen molar-refractivity contribution in [3.8, 4) is 11.3 Å². The maximum Gasteiger partial charge on any atom is 0.316 e. The van der Waals surface area contributed by atoms with Gasteiger partial charge in [0.25, 0.3) is 0 Å².